The molecule has 0 N–H and O–H groups in total. The quantitative estimate of drug-likeness (QED) is 0.545. The van der Waals surface area contributed by atoms with Gasteiger partial charge in [-0.05, 0) is 26.9 Å². The third-order valence-corrected chi connectivity index (χ3v) is 2.13. The second-order valence-electron chi connectivity index (χ2n) is 2.95. The number of hydrogen-bond acceptors (Lipinski definition) is 2. The summed E-state index contributed by atoms with van der Waals surface area (Å²) in [5, 5.41) is 0. The topological polar surface area (TPSA) is 12.5 Å². The average Bonchev–Trinajstić information content (AvgIpc) is 1.61. The van der Waals surface area contributed by atoms with E-state index in [9.17, 15) is 0 Å². The molecule has 1 aliphatic rings. The minimum absolute atomic E-state index is 0.539. The maximum atomic E-state index is 5.14. The van der Waals surface area contributed by atoms with Crippen LogP contribution < -0.4 is 0 Å². The Morgan fingerprint density at radius 3 is 2.22 bits per heavy atom. The summed E-state index contributed by atoms with van der Waals surface area (Å²) in [6.45, 7) is 0. The third-order valence-electron chi connectivity index (χ3n) is 2.13. The Bertz CT molecular complexity index is 86.9. The zero-order valence-corrected chi connectivity index (χ0v) is 6.42. The van der Waals surface area contributed by atoms with Crippen LogP contribution in [0.1, 0.15) is 12.8 Å². The van der Waals surface area contributed by atoms with Crippen molar-refractivity contribution in [1.82, 2.24) is 4.90 Å². The van der Waals surface area contributed by atoms with Crippen molar-refractivity contribution in [1.29, 1.82) is 0 Å². The standard InChI is InChI=1S/C7H15NO/c1-8(2)6-4-7(5-6)9-3/h6-7H,4-5H2,1-3H3/t6-,7-. The molecule has 0 aromatic heterocycles. The first-order chi connectivity index (χ1) is 4.24. The SMILES string of the molecule is CO[C@H]1C[C@H](N(C)C)C1. The van der Waals surface area contributed by atoms with Crippen LogP contribution in [0.4, 0.5) is 0 Å². The predicted molar refractivity (Wildman–Crippen MR) is 37.5 cm³/mol. The number of methoxy groups -OCH3 is 1. The van der Waals surface area contributed by atoms with Gasteiger partial charge < -0.3 is 9.64 Å². The van der Waals surface area contributed by atoms with Crippen LogP contribution in [0.5, 0.6) is 0 Å². The zero-order chi connectivity index (χ0) is 6.85. The summed E-state index contributed by atoms with van der Waals surface area (Å²) in [4.78, 5) is 2.26. The van der Waals surface area contributed by atoms with E-state index in [1.807, 2.05) is 0 Å². The number of nitrogens with zero attached hydrogens (tertiary/aromatic N) is 1. The molecule has 1 fully saturated rings. The van der Waals surface area contributed by atoms with Gasteiger partial charge in [-0.1, -0.05) is 0 Å². The van der Waals surface area contributed by atoms with Crippen molar-refractivity contribution in [2.75, 3.05) is 21.2 Å². The van der Waals surface area contributed by atoms with Crippen LogP contribution in [0, 0.1) is 0 Å². The normalized spacial score (nSPS) is 34.7. The minimum Gasteiger partial charge on any atom is -0.381 e. The Kier molecular flexibility index (Phi) is 2.09. The molecular formula is C7H15NO. The molecular weight excluding hydrogens is 114 g/mol. The van der Waals surface area contributed by atoms with E-state index in [4.69, 9.17) is 4.74 Å². The van der Waals surface area contributed by atoms with Gasteiger partial charge in [0.2, 0.25) is 0 Å². The van der Waals surface area contributed by atoms with Crippen LogP contribution in [-0.2, 0) is 4.74 Å². The molecule has 0 saturated heterocycles. The molecule has 0 unspecified atom stereocenters. The summed E-state index contributed by atoms with van der Waals surface area (Å²) in [6.07, 6.45) is 2.96. The Labute approximate surface area is 56.8 Å². The lowest BCUT2D eigenvalue weighted by Gasteiger charge is -2.38. The van der Waals surface area contributed by atoms with Crippen LogP contribution in [-0.4, -0.2) is 38.3 Å². The van der Waals surface area contributed by atoms with Crippen molar-refractivity contribution < 1.29 is 4.74 Å². The summed E-state index contributed by atoms with van der Waals surface area (Å²) in [5.41, 5.74) is 0. The Morgan fingerprint density at radius 2 is 1.89 bits per heavy atom. The smallest absolute Gasteiger partial charge is 0.0601 e. The molecule has 2 nitrogen and oxygen atoms in total. The molecule has 0 aromatic rings. The number of rotatable bonds is 2. The van der Waals surface area contributed by atoms with E-state index in [-0.39, 0.29) is 0 Å². The highest BCUT2D eigenvalue weighted by molar-refractivity contribution is 4.85. The van der Waals surface area contributed by atoms with Crippen LogP contribution in [0.25, 0.3) is 0 Å². The van der Waals surface area contributed by atoms with E-state index < -0.39 is 0 Å². The van der Waals surface area contributed by atoms with Gasteiger partial charge in [0.15, 0.2) is 0 Å². The number of ether oxygens (including phenoxy) is 1. The van der Waals surface area contributed by atoms with E-state index in [2.05, 4.69) is 19.0 Å². The summed E-state index contributed by atoms with van der Waals surface area (Å²) in [5.74, 6) is 0. The van der Waals surface area contributed by atoms with Crippen molar-refractivity contribution in [3.8, 4) is 0 Å². The third kappa shape index (κ3) is 1.43. The second kappa shape index (κ2) is 2.67. The molecule has 1 aliphatic carbocycles. The lowest BCUT2D eigenvalue weighted by molar-refractivity contribution is -0.0125. The fraction of sp³-hybridized carbons (Fsp3) is 1.00. The van der Waals surface area contributed by atoms with Crippen molar-refractivity contribution in [3.05, 3.63) is 0 Å². The number of hydrogen-bond donors (Lipinski definition) is 0. The van der Waals surface area contributed by atoms with Crippen molar-refractivity contribution in [3.63, 3.8) is 0 Å². The molecule has 0 spiro atoms. The van der Waals surface area contributed by atoms with Crippen LogP contribution in [0.3, 0.4) is 0 Å². The monoisotopic (exact) mass is 129 g/mol. The largest absolute Gasteiger partial charge is 0.381 e. The Hall–Kier alpha value is -0.0800. The summed E-state index contributed by atoms with van der Waals surface area (Å²) >= 11 is 0. The minimum atomic E-state index is 0.539. The van der Waals surface area contributed by atoms with E-state index in [1.54, 1.807) is 7.11 Å². The van der Waals surface area contributed by atoms with Crippen LogP contribution in [0.15, 0.2) is 0 Å². The maximum absolute atomic E-state index is 5.14. The highest BCUT2D eigenvalue weighted by Gasteiger charge is 2.29. The second-order valence-corrected chi connectivity index (χ2v) is 2.95. The highest BCUT2D eigenvalue weighted by atomic mass is 16.5. The highest BCUT2D eigenvalue weighted by Crippen LogP contribution is 2.25. The molecule has 0 atom stereocenters. The molecule has 9 heavy (non-hydrogen) atoms. The van der Waals surface area contributed by atoms with E-state index in [0.29, 0.717) is 6.10 Å². The van der Waals surface area contributed by atoms with Gasteiger partial charge in [-0.3, -0.25) is 0 Å². The molecule has 54 valence electrons. The molecule has 0 aromatic carbocycles. The lowest BCUT2D eigenvalue weighted by atomic mass is 9.88. The summed E-state index contributed by atoms with van der Waals surface area (Å²) in [7, 11) is 6.03. The van der Waals surface area contributed by atoms with Gasteiger partial charge in [0, 0.05) is 13.2 Å². The molecule has 0 heterocycles. The first-order valence-electron chi connectivity index (χ1n) is 3.43. The lowest BCUT2D eigenvalue weighted by Crippen LogP contribution is -2.44. The molecule has 1 saturated carbocycles. The van der Waals surface area contributed by atoms with Crippen molar-refractivity contribution in [2.45, 2.75) is 25.0 Å². The molecule has 1 rings (SSSR count). The van der Waals surface area contributed by atoms with E-state index in [0.717, 1.165) is 6.04 Å². The molecule has 0 aliphatic heterocycles. The fourth-order valence-electron chi connectivity index (χ4n) is 1.15. The average molecular weight is 129 g/mol. The van der Waals surface area contributed by atoms with Crippen LogP contribution in [0.2, 0.25) is 0 Å². The van der Waals surface area contributed by atoms with E-state index >= 15 is 0 Å². The first kappa shape index (κ1) is 7.03. The van der Waals surface area contributed by atoms with Crippen molar-refractivity contribution in [2.24, 2.45) is 0 Å². The Morgan fingerprint density at radius 1 is 1.33 bits per heavy atom. The van der Waals surface area contributed by atoms with Gasteiger partial charge in [-0.2, -0.15) is 0 Å². The predicted octanol–water partition coefficient (Wildman–Crippen LogP) is 0.725. The maximum Gasteiger partial charge on any atom is 0.0601 e. The molecule has 2 heteroatoms. The van der Waals surface area contributed by atoms with Gasteiger partial charge in [-0.25, -0.2) is 0 Å². The molecule has 0 radical (unpaired) electrons. The first-order valence-corrected chi connectivity index (χ1v) is 3.43. The van der Waals surface area contributed by atoms with Crippen molar-refractivity contribution >= 4 is 0 Å². The van der Waals surface area contributed by atoms with Crippen LogP contribution >= 0.6 is 0 Å². The summed E-state index contributed by atoms with van der Waals surface area (Å²) in [6, 6.07) is 0.773. The van der Waals surface area contributed by atoms with Gasteiger partial charge in [0.25, 0.3) is 0 Å². The van der Waals surface area contributed by atoms with Gasteiger partial charge >= 0.3 is 0 Å². The molecule has 0 amide bonds. The Balaban J connectivity index is 2.12. The zero-order valence-electron chi connectivity index (χ0n) is 6.42. The summed E-state index contributed by atoms with van der Waals surface area (Å²) < 4.78 is 5.14. The van der Waals surface area contributed by atoms with Gasteiger partial charge in [0.05, 0.1) is 6.10 Å². The molecule has 0 bridgehead atoms. The van der Waals surface area contributed by atoms with E-state index in [1.165, 1.54) is 12.8 Å². The fourth-order valence-corrected chi connectivity index (χ4v) is 1.15. The van der Waals surface area contributed by atoms with Gasteiger partial charge in [0.1, 0.15) is 0 Å². The van der Waals surface area contributed by atoms with Gasteiger partial charge in [-0.15, -0.1) is 0 Å².